The molecule has 3 aromatic rings. The molecule has 0 atom stereocenters. The van der Waals surface area contributed by atoms with E-state index in [9.17, 15) is 18.0 Å². The van der Waals surface area contributed by atoms with Gasteiger partial charge in [0.05, 0.1) is 36.2 Å². The van der Waals surface area contributed by atoms with Crippen molar-refractivity contribution in [3.8, 4) is 5.75 Å². The number of rotatable bonds is 7. The Balaban J connectivity index is 2.01. The van der Waals surface area contributed by atoms with Gasteiger partial charge in [0.15, 0.2) is 0 Å². The Labute approximate surface area is 181 Å². The summed E-state index contributed by atoms with van der Waals surface area (Å²) in [5, 5.41) is 0.543. The van der Waals surface area contributed by atoms with E-state index in [1.54, 1.807) is 48.5 Å². The van der Waals surface area contributed by atoms with Crippen LogP contribution in [0.2, 0.25) is 0 Å². The number of anilines is 1. The normalized spacial score (nSPS) is 11.5. The third-order valence-electron chi connectivity index (χ3n) is 4.54. The van der Waals surface area contributed by atoms with Gasteiger partial charge in [0.25, 0.3) is 5.91 Å². The van der Waals surface area contributed by atoms with Gasteiger partial charge in [-0.1, -0.05) is 24.3 Å². The van der Waals surface area contributed by atoms with E-state index in [4.69, 9.17) is 9.47 Å². The molecule has 0 amide bonds. The van der Waals surface area contributed by atoms with Crippen LogP contribution in [0.4, 0.5) is 5.69 Å². The summed E-state index contributed by atoms with van der Waals surface area (Å²) in [5.74, 6) is -0.610. The van der Waals surface area contributed by atoms with Crippen LogP contribution in [0.1, 0.15) is 29.0 Å². The van der Waals surface area contributed by atoms with Gasteiger partial charge in [0.1, 0.15) is 12.3 Å². The summed E-state index contributed by atoms with van der Waals surface area (Å²) in [6, 6.07) is 13.4. The molecule has 0 saturated carbocycles. The fraction of sp³-hybridized carbons (Fsp3) is 0.273. The van der Waals surface area contributed by atoms with Gasteiger partial charge >= 0.3 is 5.97 Å². The van der Waals surface area contributed by atoms with Gasteiger partial charge in [-0.2, -0.15) is 0 Å². The molecule has 164 valence electrons. The number of para-hydroxylation sites is 1. The third kappa shape index (κ3) is 4.88. The van der Waals surface area contributed by atoms with Crippen LogP contribution in [0.15, 0.2) is 54.7 Å². The first kappa shape index (κ1) is 22.4. The summed E-state index contributed by atoms with van der Waals surface area (Å²) in [6.07, 6.45) is 2.31. The van der Waals surface area contributed by atoms with E-state index in [1.807, 2.05) is 13.8 Å². The number of ether oxygens (including phenoxy) is 2. The summed E-state index contributed by atoms with van der Waals surface area (Å²) in [5.41, 5.74) is 1.02. The lowest BCUT2D eigenvalue weighted by atomic mass is 10.2. The zero-order chi connectivity index (χ0) is 22.8. The Morgan fingerprint density at radius 2 is 1.81 bits per heavy atom. The molecule has 1 aromatic heterocycles. The number of hydrogen-bond acceptors (Lipinski definition) is 6. The number of sulfonamides is 1. The van der Waals surface area contributed by atoms with Crippen molar-refractivity contribution in [2.75, 3.05) is 24.2 Å². The second-order valence-electron chi connectivity index (χ2n) is 7.25. The highest BCUT2D eigenvalue weighted by molar-refractivity contribution is 7.92. The smallest absolute Gasteiger partial charge is 0.340 e. The maximum Gasteiger partial charge on any atom is 0.340 e. The second-order valence-corrected chi connectivity index (χ2v) is 9.16. The summed E-state index contributed by atoms with van der Waals surface area (Å²) >= 11 is 0. The van der Waals surface area contributed by atoms with E-state index in [-0.39, 0.29) is 11.7 Å². The monoisotopic (exact) mass is 444 g/mol. The second kappa shape index (κ2) is 8.81. The molecule has 2 aromatic carbocycles. The van der Waals surface area contributed by atoms with Gasteiger partial charge in [-0.3, -0.25) is 13.7 Å². The molecular weight excluding hydrogens is 420 g/mol. The molecule has 0 aliphatic carbocycles. The highest BCUT2D eigenvalue weighted by Crippen LogP contribution is 2.26. The van der Waals surface area contributed by atoms with Crippen LogP contribution in [-0.2, 0) is 14.8 Å². The van der Waals surface area contributed by atoms with Gasteiger partial charge < -0.3 is 9.47 Å². The zero-order valence-electron chi connectivity index (χ0n) is 17.7. The zero-order valence-corrected chi connectivity index (χ0v) is 18.5. The molecule has 31 heavy (non-hydrogen) atoms. The predicted molar refractivity (Wildman–Crippen MR) is 118 cm³/mol. The molecule has 0 spiro atoms. The summed E-state index contributed by atoms with van der Waals surface area (Å²) in [6.45, 7) is 3.27. The van der Waals surface area contributed by atoms with Crippen molar-refractivity contribution < 1.29 is 27.5 Å². The lowest BCUT2D eigenvalue weighted by molar-refractivity contribution is 0.0603. The quantitative estimate of drug-likeness (QED) is 0.519. The molecule has 0 aliphatic rings. The average Bonchev–Trinajstić information content (AvgIpc) is 3.10. The number of aromatic nitrogens is 1. The van der Waals surface area contributed by atoms with Crippen LogP contribution in [0.5, 0.6) is 5.75 Å². The minimum atomic E-state index is -3.78. The standard InChI is InChI=1S/C22H24N2O6S/c1-15(2)30-17-9-7-8-16(12-17)24(31(4,27)28)14-21(25)23-13-19(22(26)29-3)18-10-5-6-11-20(18)23/h5-13,15H,14H2,1-4H3. The number of nitrogens with zero attached hydrogens (tertiary/aromatic N) is 2. The number of esters is 1. The highest BCUT2D eigenvalue weighted by atomic mass is 32.2. The molecule has 0 unspecified atom stereocenters. The first-order valence-corrected chi connectivity index (χ1v) is 11.4. The van der Waals surface area contributed by atoms with Gasteiger partial charge in [0.2, 0.25) is 10.0 Å². The van der Waals surface area contributed by atoms with Crippen molar-refractivity contribution in [3.63, 3.8) is 0 Å². The molecule has 0 N–H and O–H groups in total. The number of carbonyl (C=O) groups excluding carboxylic acids is 2. The Morgan fingerprint density at radius 3 is 2.45 bits per heavy atom. The number of hydrogen-bond donors (Lipinski definition) is 0. The first-order chi connectivity index (χ1) is 14.6. The fourth-order valence-corrected chi connectivity index (χ4v) is 4.08. The average molecular weight is 445 g/mol. The maximum atomic E-state index is 13.1. The molecular formula is C22H24N2O6S. The molecule has 0 fully saturated rings. The largest absolute Gasteiger partial charge is 0.491 e. The lowest BCUT2D eigenvalue weighted by Crippen LogP contribution is -2.36. The minimum absolute atomic E-state index is 0.0912. The van der Waals surface area contributed by atoms with Crippen molar-refractivity contribution in [2.24, 2.45) is 0 Å². The summed E-state index contributed by atoms with van der Waals surface area (Å²) < 4.78 is 37.7. The van der Waals surface area contributed by atoms with Gasteiger partial charge in [-0.15, -0.1) is 0 Å². The summed E-state index contributed by atoms with van der Waals surface area (Å²) in [4.78, 5) is 25.3. The molecule has 9 heteroatoms. The van der Waals surface area contributed by atoms with E-state index in [0.29, 0.717) is 22.3 Å². The third-order valence-corrected chi connectivity index (χ3v) is 5.68. The Hall–Kier alpha value is -3.33. The Kier molecular flexibility index (Phi) is 6.35. The molecule has 0 bridgehead atoms. The van der Waals surface area contributed by atoms with Crippen LogP contribution < -0.4 is 9.04 Å². The van der Waals surface area contributed by atoms with Crippen molar-refractivity contribution in [2.45, 2.75) is 20.0 Å². The lowest BCUT2D eigenvalue weighted by Gasteiger charge is -2.23. The topological polar surface area (TPSA) is 94.9 Å². The Bertz CT molecular complexity index is 1230. The minimum Gasteiger partial charge on any atom is -0.491 e. The van der Waals surface area contributed by atoms with Crippen LogP contribution in [0.25, 0.3) is 10.9 Å². The van der Waals surface area contributed by atoms with Crippen LogP contribution in [0, 0.1) is 0 Å². The number of fused-ring (bicyclic) bond motifs is 1. The van der Waals surface area contributed by atoms with E-state index in [2.05, 4.69) is 0 Å². The summed E-state index contributed by atoms with van der Waals surface area (Å²) in [7, 11) is -2.52. The van der Waals surface area contributed by atoms with Crippen molar-refractivity contribution in [1.29, 1.82) is 0 Å². The first-order valence-electron chi connectivity index (χ1n) is 9.58. The highest BCUT2D eigenvalue weighted by Gasteiger charge is 2.25. The van der Waals surface area contributed by atoms with Crippen molar-refractivity contribution >= 4 is 38.5 Å². The molecule has 1 heterocycles. The Morgan fingerprint density at radius 1 is 1.10 bits per heavy atom. The van der Waals surface area contributed by atoms with Crippen LogP contribution in [0.3, 0.4) is 0 Å². The SMILES string of the molecule is COC(=O)c1cn(C(=O)CN(c2cccc(OC(C)C)c2)S(C)(=O)=O)c2ccccc12. The number of benzene rings is 2. The molecule has 3 rings (SSSR count). The molecule has 0 saturated heterocycles. The van der Waals surface area contributed by atoms with E-state index in [1.165, 1.54) is 17.9 Å². The van der Waals surface area contributed by atoms with Crippen LogP contribution in [-0.4, -0.2) is 50.9 Å². The predicted octanol–water partition coefficient (Wildman–Crippen LogP) is 3.32. The van der Waals surface area contributed by atoms with Gasteiger partial charge in [-0.25, -0.2) is 13.2 Å². The maximum absolute atomic E-state index is 13.1. The number of methoxy groups -OCH3 is 1. The number of carbonyl (C=O) groups is 2. The molecule has 0 aliphatic heterocycles. The van der Waals surface area contributed by atoms with Crippen molar-refractivity contribution in [1.82, 2.24) is 4.57 Å². The van der Waals surface area contributed by atoms with Crippen LogP contribution >= 0.6 is 0 Å². The van der Waals surface area contributed by atoms with E-state index in [0.717, 1.165) is 10.6 Å². The van der Waals surface area contributed by atoms with Gasteiger partial charge in [-0.05, 0) is 32.0 Å². The van der Waals surface area contributed by atoms with E-state index < -0.39 is 28.4 Å². The van der Waals surface area contributed by atoms with E-state index >= 15 is 0 Å². The fourth-order valence-electron chi connectivity index (χ4n) is 3.24. The molecule has 8 nitrogen and oxygen atoms in total. The molecule has 0 radical (unpaired) electrons. The van der Waals surface area contributed by atoms with Crippen molar-refractivity contribution in [3.05, 3.63) is 60.3 Å². The van der Waals surface area contributed by atoms with Gasteiger partial charge in [0, 0.05) is 17.6 Å².